The van der Waals surface area contributed by atoms with Crippen LogP contribution in [0.2, 0.25) is 0 Å². The molecular weight excluding hydrogens is 246 g/mol. The minimum Gasteiger partial charge on any atom is -0.492 e. The van der Waals surface area contributed by atoms with Crippen LogP contribution in [0, 0.1) is 5.92 Å². The highest BCUT2D eigenvalue weighted by atomic mass is 16.5. The maximum absolute atomic E-state index is 6.30. The zero-order chi connectivity index (χ0) is 14.6. The summed E-state index contributed by atoms with van der Waals surface area (Å²) in [6.07, 6.45) is 6.58. The molecule has 1 unspecified atom stereocenters. The molecule has 1 fully saturated rings. The molecule has 0 heterocycles. The SMILES string of the molecule is CC(C)(C)c1cccc(OCC(N)C2CCCCC2)c1. The van der Waals surface area contributed by atoms with Crippen LogP contribution in [0.1, 0.15) is 58.4 Å². The van der Waals surface area contributed by atoms with E-state index in [0.717, 1.165) is 5.75 Å². The third kappa shape index (κ3) is 4.24. The summed E-state index contributed by atoms with van der Waals surface area (Å²) in [5.41, 5.74) is 7.76. The molecule has 0 amide bonds. The fourth-order valence-electron chi connectivity index (χ4n) is 2.94. The Bertz CT molecular complexity index is 416. The normalized spacial score (nSPS) is 18.8. The Hall–Kier alpha value is -1.02. The highest BCUT2D eigenvalue weighted by molar-refractivity contribution is 5.32. The lowest BCUT2D eigenvalue weighted by atomic mass is 9.84. The molecule has 0 spiro atoms. The predicted octanol–water partition coefficient (Wildman–Crippen LogP) is 4.27. The van der Waals surface area contributed by atoms with Crippen LogP contribution >= 0.6 is 0 Å². The molecule has 1 aliphatic carbocycles. The highest BCUT2D eigenvalue weighted by Gasteiger charge is 2.21. The molecule has 0 saturated heterocycles. The molecule has 0 aliphatic heterocycles. The molecule has 1 atom stereocenters. The Kier molecular flexibility index (Phi) is 5.09. The molecule has 1 aromatic rings. The average Bonchev–Trinajstić information content (AvgIpc) is 2.45. The van der Waals surface area contributed by atoms with Gasteiger partial charge in [-0.1, -0.05) is 52.2 Å². The van der Waals surface area contributed by atoms with E-state index in [9.17, 15) is 0 Å². The van der Waals surface area contributed by atoms with Crippen molar-refractivity contribution in [2.75, 3.05) is 6.61 Å². The molecule has 2 rings (SSSR count). The van der Waals surface area contributed by atoms with Crippen molar-refractivity contribution in [2.45, 2.75) is 64.3 Å². The Morgan fingerprint density at radius 1 is 1.20 bits per heavy atom. The quantitative estimate of drug-likeness (QED) is 0.890. The Balaban J connectivity index is 1.90. The van der Waals surface area contributed by atoms with Gasteiger partial charge in [-0.05, 0) is 41.9 Å². The minimum atomic E-state index is 0.158. The van der Waals surface area contributed by atoms with Crippen molar-refractivity contribution in [3.8, 4) is 5.75 Å². The summed E-state index contributed by atoms with van der Waals surface area (Å²) in [5.74, 6) is 1.60. The summed E-state index contributed by atoms with van der Waals surface area (Å²) >= 11 is 0. The summed E-state index contributed by atoms with van der Waals surface area (Å²) in [6, 6.07) is 8.58. The first-order chi connectivity index (χ1) is 9.47. The lowest BCUT2D eigenvalue weighted by Crippen LogP contribution is -2.37. The Morgan fingerprint density at radius 2 is 1.90 bits per heavy atom. The van der Waals surface area contributed by atoms with E-state index in [2.05, 4.69) is 39.0 Å². The standard InChI is InChI=1S/C18H29NO/c1-18(2,3)15-10-7-11-16(12-15)20-13-17(19)14-8-5-4-6-9-14/h7,10-12,14,17H,4-6,8-9,13,19H2,1-3H3. The lowest BCUT2D eigenvalue weighted by molar-refractivity contribution is 0.213. The molecule has 2 heteroatoms. The third-order valence-electron chi connectivity index (χ3n) is 4.40. The van der Waals surface area contributed by atoms with Crippen molar-refractivity contribution < 1.29 is 4.74 Å². The first-order valence-electron chi connectivity index (χ1n) is 7.96. The summed E-state index contributed by atoms with van der Waals surface area (Å²) in [4.78, 5) is 0. The van der Waals surface area contributed by atoms with Gasteiger partial charge >= 0.3 is 0 Å². The number of hydrogen-bond acceptors (Lipinski definition) is 2. The van der Waals surface area contributed by atoms with Crippen molar-refractivity contribution in [2.24, 2.45) is 11.7 Å². The molecule has 1 saturated carbocycles. The average molecular weight is 275 g/mol. The van der Waals surface area contributed by atoms with Crippen molar-refractivity contribution in [1.82, 2.24) is 0 Å². The molecule has 20 heavy (non-hydrogen) atoms. The number of hydrogen-bond donors (Lipinski definition) is 1. The van der Waals surface area contributed by atoms with Gasteiger partial charge in [0.1, 0.15) is 12.4 Å². The zero-order valence-corrected chi connectivity index (χ0v) is 13.2. The summed E-state index contributed by atoms with van der Waals surface area (Å²) in [7, 11) is 0. The second-order valence-corrected chi connectivity index (χ2v) is 7.15. The van der Waals surface area contributed by atoms with E-state index in [4.69, 9.17) is 10.5 Å². The van der Waals surface area contributed by atoms with Crippen molar-refractivity contribution in [3.63, 3.8) is 0 Å². The number of rotatable bonds is 4. The van der Waals surface area contributed by atoms with E-state index in [1.54, 1.807) is 0 Å². The van der Waals surface area contributed by atoms with Gasteiger partial charge in [0.25, 0.3) is 0 Å². The number of ether oxygens (including phenoxy) is 1. The molecule has 1 aromatic carbocycles. The predicted molar refractivity (Wildman–Crippen MR) is 85.2 cm³/mol. The first-order valence-corrected chi connectivity index (χ1v) is 7.96. The molecule has 0 aromatic heterocycles. The van der Waals surface area contributed by atoms with Gasteiger partial charge in [0.2, 0.25) is 0 Å². The maximum Gasteiger partial charge on any atom is 0.119 e. The van der Waals surface area contributed by atoms with Crippen LogP contribution in [0.4, 0.5) is 0 Å². The molecule has 112 valence electrons. The Morgan fingerprint density at radius 3 is 2.55 bits per heavy atom. The highest BCUT2D eigenvalue weighted by Crippen LogP contribution is 2.28. The fraction of sp³-hybridized carbons (Fsp3) is 0.667. The molecule has 2 N–H and O–H groups in total. The van der Waals surface area contributed by atoms with Crippen molar-refractivity contribution in [3.05, 3.63) is 29.8 Å². The monoisotopic (exact) mass is 275 g/mol. The van der Waals surface area contributed by atoms with Crippen LogP contribution in [-0.4, -0.2) is 12.6 Å². The first kappa shape index (κ1) is 15.4. The molecular formula is C18H29NO. The van der Waals surface area contributed by atoms with Crippen LogP contribution in [0.25, 0.3) is 0 Å². The van der Waals surface area contributed by atoms with Crippen LogP contribution < -0.4 is 10.5 Å². The number of benzene rings is 1. The van der Waals surface area contributed by atoms with Gasteiger partial charge in [-0.15, -0.1) is 0 Å². The number of nitrogens with two attached hydrogens (primary N) is 1. The smallest absolute Gasteiger partial charge is 0.119 e. The van der Waals surface area contributed by atoms with E-state index in [1.807, 2.05) is 6.07 Å². The largest absolute Gasteiger partial charge is 0.492 e. The summed E-state index contributed by atoms with van der Waals surface area (Å²) in [6.45, 7) is 7.30. The topological polar surface area (TPSA) is 35.2 Å². The van der Waals surface area contributed by atoms with Crippen LogP contribution in [0.5, 0.6) is 5.75 Å². The van der Waals surface area contributed by atoms with E-state index in [1.165, 1.54) is 37.7 Å². The van der Waals surface area contributed by atoms with Gasteiger partial charge in [0.15, 0.2) is 0 Å². The molecule has 1 aliphatic rings. The summed E-state index contributed by atoms with van der Waals surface area (Å²) < 4.78 is 5.93. The van der Waals surface area contributed by atoms with Gasteiger partial charge in [-0.25, -0.2) is 0 Å². The minimum absolute atomic E-state index is 0.158. The summed E-state index contributed by atoms with van der Waals surface area (Å²) in [5, 5.41) is 0. The fourth-order valence-corrected chi connectivity index (χ4v) is 2.94. The van der Waals surface area contributed by atoms with Gasteiger partial charge in [-0.3, -0.25) is 0 Å². The zero-order valence-electron chi connectivity index (χ0n) is 13.2. The van der Waals surface area contributed by atoms with Crippen LogP contribution in [0.3, 0.4) is 0 Å². The van der Waals surface area contributed by atoms with Crippen LogP contribution in [-0.2, 0) is 5.41 Å². The second kappa shape index (κ2) is 6.62. The molecule has 0 radical (unpaired) electrons. The van der Waals surface area contributed by atoms with Gasteiger partial charge in [-0.2, -0.15) is 0 Å². The maximum atomic E-state index is 6.30. The van der Waals surface area contributed by atoms with Crippen molar-refractivity contribution in [1.29, 1.82) is 0 Å². The van der Waals surface area contributed by atoms with E-state index in [0.29, 0.717) is 12.5 Å². The third-order valence-corrected chi connectivity index (χ3v) is 4.40. The van der Waals surface area contributed by atoms with E-state index >= 15 is 0 Å². The second-order valence-electron chi connectivity index (χ2n) is 7.15. The van der Waals surface area contributed by atoms with E-state index < -0.39 is 0 Å². The van der Waals surface area contributed by atoms with E-state index in [-0.39, 0.29) is 11.5 Å². The van der Waals surface area contributed by atoms with Gasteiger partial charge < -0.3 is 10.5 Å². The molecule has 0 bridgehead atoms. The van der Waals surface area contributed by atoms with Gasteiger partial charge in [0.05, 0.1) is 0 Å². The van der Waals surface area contributed by atoms with Crippen molar-refractivity contribution >= 4 is 0 Å². The van der Waals surface area contributed by atoms with Crippen LogP contribution in [0.15, 0.2) is 24.3 Å². The Labute approximate surface area is 123 Å². The molecule has 2 nitrogen and oxygen atoms in total. The van der Waals surface area contributed by atoms with Gasteiger partial charge in [0, 0.05) is 6.04 Å². The lowest BCUT2D eigenvalue weighted by Gasteiger charge is -2.27.